The van der Waals surface area contributed by atoms with Gasteiger partial charge in [0.1, 0.15) is 12.2 Å². The largest absolute Gasteiger partial charge is 0.471 e. The summed E-state index contributed by atoms with van der Waals surface area (Å²) < 4.78 is 87.4. The van der Waals surface area contributed by atoms with E-state index in [0.29, 0.717) is 18.8 Å². The first-order valence-electron chi connectivity index (χ1n) is 15.8. The van der Waals surface area contributed by atoms with E-state index >= 15 is 0 Å². The SMILES string of the molecule is CC(C)(C)C(=O)OCC1=C[C@@](O)(CCC2OCCO2)[C@H](NC(=O)C(F)(F)F)[C@@]2(CCCCO)CN(S(=O)(=O)c3ccccc3)CC[C@@H]12. The van der Waals surface area contributed by atoms with Crippen LogP contribution in [-0.2, 0) is 33.8 Å². The maximum absolute atomic E-state index is 13.9. The van der Waals surface area contributed by atoms with Crippen LogP contribution in [0.5, 0.6) is 0 Å². The second kappa shape index (κ2) is 14.5. The van der Waals surface area contributed by atoms with Crippen molar-refractivity contribution in [2.24, 2.45) is 16.7 Å². The van der Waals surface area contributed by atoms with Crippen LogP contribution in [0.2, 0.25) is 0 Å². The van der Waals surface area contributed by atoms with Gasteiger partial charge in [0.15, 0.2) is 6.29 Å². The highest BCUT2D eigenvalue weighted by Gasteiger charge is 2.61. The molecule has 0 radical (unpaired) electrons. The Morgan fingerprint density at radius 3 is 2.34 bits per heavy atom. The van der Waals surface area contributed by atoms with E-state index in [2.05, 4.69) is 5.32 Å². The zero-order valence-electron chi connectivity index (χ0n) is 26.9. The minimum absolute atomic E-state index is 0.0173. The minimum Gasteiger partial charge on any atom is -0.461 e. The number of carbonyl (C=O) groups excluding carboxylic acids is 2. The predicted molar refractivity (Wildman–Crippen MR) is 163 cm³/mol. The number of rotatable bonds is 12. The smallest absolute Gasteiger partial charge is 0.461 e. The van der Waals surface area contributed by atoms with E-state index < -0.39 is 62.8 Å². The Bertz CT molecular complexity index is 1390. The topological polar surface area (TPSA) is 152 Å². The molecule has 0 unspecified atom stereocenters. The summed E-state index contributed by atoms with van der Waals surface area (Å²) in [6, 6.07) is 5.96. The highest BCUT2D eigenvalue weighted by atomic mass is 32.2. The Hall–Kier alpha value is -2.56. The van der Waals surface area contributed by atoms with Gasteiger partial charge in [-0.1, -0.05) is 24.6 Å². The summed E-state index contributed by atoms with van der Waals surface area (Å²) in [6.07, 6.45) is -4.26. The van der Waals surface area contributed by atoms with E-state index in [-0.39, 0.29) is 69.7 Å². The van der Waals surface area contributed by atoms with Crippen molar-refractivity contribution in [3.63, 3.8) is 0 Å². The number of hydrogen-bond donors (Lipinski definition) is 3. The molecule has 2 heterocycles. The van der Waals surface area contributed by atoms with E-state index in [9.17, 15) is 41.4 Å². The molecule has 0 bridgehead atoms. The van der Waals surface area contributed by atoms with Gasteiger partial charge in [-0.05, 0) is 76.2 Å². The first-order valence-corrected chi connectivity index (χ1v) is 17.3. The fraction of sp³-hybridized carbons (Fsp3) is 0.688. The summed E-state index contributed by atoms with van der Waals surface area (Å²) in [4.78, 5) is 25.5. The molecule has 264 valence electrons. The molecule has 1 amide bonds. The molecule has 4 atom stereocenters. The van der Waals surface area contributed by atoms with Crippen LogP contribution in [-0.4, -0.2) is 98.4 Å². The van der Waals surface area contributed by atoms with Crippen molar-refractivity contribution in [1.29, 1.82) is 0 Å². The van der Waals surface area contributed by atoms with Crippen molar-refractivity contribution in [2.75, 3.05) is 39.5 Å². The lowest BCUT2D eigenvalue weighted by molar-refractivity contribution is -0.180. The molecule has 0 saturated carbocycles. The number of ether oxygens (including phenoxy) is 3. The van der Waals surface area contributed by atoms with Crippen molar-refractivity contribution in [1.82, 2.24) is 9.62 Å². The third-order valence-electron chi connectivity index (χ3n) is 9.21. The fourth-order valence-electron chi connectivity index (χ4n) is 6.97. The van der Waals surface area contributed by atoms with Crippen LogP contribution in [0, 0.1) is 16.7 Å². The van der Waals surface area contributed by atoms with Crippen molar-refractivity contribution < 1.29 is 55.6 Å². The van der Waals surface area contributed by atoms with Crippen molar-refractivity contribution in [3.8, 4) is 0 Å². The van der Waals surface area contributed by atoms with E-state index in [1.807, 2.05) is 0 Å². The predicted octanol–water partition coefficient (Wildman–Crippen LogP) is 3.31. The molecule has 1 aromatic rings. The second-order valence-electron chi connectivity index (χ2n) is 13.6. The van der Waals surface area contributed by atoms with Gasteiger partial charge in [0, 0.05) is 31.5 Å². The quantitative estimate of drug-likeness (QED) is 0.171. The number of nitrogens with one attached hydrogen (secondary N) is 1. The number of sulfonamides is 1. The molecule has 0 spiro atoms. The molecular weight excluding hydrogens is 645 g/mol. The average molecular weight is 691 g/mol. The number of halogens is 3. The average Bonchev–Trinajstić information content (AvgIpc) is 3.54. The van der Waals surface area contributed by atoms with Crippen LogP contribution in [0.3, 0.4) is 0 Å². The number of nitrogens with zero attached hydrogens (tertiary/aromatic N) is 1. The molecule has 2 aliphatic heterocycles. The van der Waals surface area contributed by atoms with E-state index in [1.165, 1.54) is 22.5 Å². The molecule has 47 heavy (non-hydrogen) atoms. The van der Waals surface area contributed by atoms with Crippen LogP contribution in [0.4, 0.5) is 13.2 Å². The van der Waals surface area contributed by atoms with Crippen molar-refractivity contribution in [3.05, 3.63) is 42.0 Å². The lowest BCUT2D eigenvalue weighted by Crippen LogP contribution is -2.71. The van der Waals surface area contributed by atoms with Crippen LogP contribution >= 0.6 is 0 Å². The summed E-state index contributed by atoms with van der Waals surface area (Å²) in [5, 5.41) is 24.2. The number of hydrogen-bond acceptors (Lipinski definition) is 9. The van der Waals surface area contributed by atoms with Crippen LogP contribution < -0.4 is 5.32 Å². The lowest BCUT2D eigenvalue weighted by Gasteiger charge is -2.59. The molecule has 15 heteroatoms. The molecule has 0 aromatic heterocycles. The number of alkyl halides is 3. The van der Waals surface area contributed by atoms with Gasteiger partial charge < -0.3 is 29.7 Å². The number of aliphatic hydroxyl groups is 2. The third kappa shape index (κ3) is 8.36. The maximum Gasteiger partial charge on any atom is 0.471 e. The number of unbranched alkanes of at least 4 members (excludes halogenated alkanes) is 1. The third-order valence-corrected chi connectivity index (χ3v) is 11.1. The molecule has 2 saturated heterocycles. The number of esters is 1. The van der Waals surface area contributed by atoms with E-state index in [4.69, 9.17) is 14.2 Å². The van der Waals surface area contributed by atoms with Crippen LogP contribution in [0.25, 0.3) is 0 Å². The van der Waals surface area contributed by atoms with Gasteiger partial charge in [-0.25, -0.2) is 8.42 Å². The molecular formula is C32H45F3N2O9S. The van der Waals surface area contributed by atoms with E-state index in [0.717, 1.165) is 0 Å². The van der Waals surface area contributed by atoms with Crippen LogP contribution in [0.1, 0.15) is 59.3 Å². The number of fused-ring (bicyclic) bond motifs is 1. The Kier molecular flexibility index (Phi) is 11.5. The normalized spacial score (nSPS) is 27.6. The van der Waals surface area contributed by atoms with Gasteiger partial charge >= 0.3 is 18.1 Å². The summed E-state index contributed by atoms with van der Waals surface area (Å²) in [5.74, 6) is -3.53. The molecule has 4 rings (SSSR count). The zero-order chi connectivity index (χ0) is 34.7. The Labute approximate surface area is 273 Å². The van der Waals surface area contributed by atoms with Gasteiger partial charge in [0.2, 0.25) is 10.0 Å². The second-order valence-corrected chi connectivity index (χ2v) is 15.5. The van der Waals surface area contributed by atoms with Crippen molar-refractivity contribution >= 4 is 21.9 Å². The lowest BCUT2D eigenvalue weighted by atomic mass is 9.54. The number of amides is 1. The standard InChI is InChI=1S/C32H45F3N2O9S/c1-29(2,3)28(40)46-20-22-19-31(41,14-11-25-44-17-18-45-25)26(36-27(39)32(33,34)35)30(13-7-8-16-38)21-37(15-12-24(22)30)47(42,43)23-9-5-4-6-10-23/h4-6,9-10,19,24-26,38,41H,7-8,11-18,20-21H2,1-3H3,(H,36,39)/t24-,26+,30-,31-/m0/s1. The number of carbonyl (C=O) groups is 2. The van der Waals surface area contributed by atoms with Gasteiger partial charge in [0.05, 0.1) is 29.6 Å². The highest BCUT2D eigenvalue weighted by molar-refractivity contribution is 7.89. The minimum atomic E-state index is -5.31. The molecule has 1 aliphatic carbocycles. The van der Waals surface area contributed by atoms with Gasteiger partial charge in [-0.2, -0.15) is 17.5 Å². The first-order chi connectivity index (χ1) is 21.9. The van der Waals surface area contributed by atoms with Gasteiger partial charge in [-0.15, -0.1) is 0 Å². The van der Waals surface area contributed by atoms with Crippen molar-refractivity contribution in [2.45, 2.75) is 88.3 Å². The maximum atomic E-state index is 13.9. The number of aliphatic hydroxyl groups excluding tert-OH is 1. The number of piperidine rings is 1. The Morgan fingerprint density at radius 2 is 1.74 bits per heavy atom. The highest BCUT2D eigenvalue weighted by Crippen LogP contribution is 2.55. The molecule has 3 aliphatic rings. The molecule has 11 nitrogen and oxygen atoms in total. The molecule has 1 aromatic carbocycles. The number of benzene rings is 1. The monoisotopic (exact) mass is 690 g/mol. The fourth-order valence-corrected chi connectivity index (χ4v) is 8.52. The summed E-state index contributed by atoms with van der Waals surface area (Å²) >= 11 is 0. The van der Waals surface area contributed by atoms with Crippen LogP contribution in [0.15, 0.2) is 46.9 Å². The Morgan fingerprint density at radius 1 is 1.09 bits per heavy atom. The van der Waals surface area contributed by atoms with E-state index in [1.54, 1.807) is 39.0 Å². The summed E-state index contributed by atoms with van der Waals surface area (Å²) in [7, 11) is -4.16. The summed E-state index contributed by atoms with van der Waals surface area (Å²) in [5.41, 5.74) is -4.15. The Balaban J connectivity index is 1.88. The summed E-state index contributed by atoms with van der Waals surface area (Å²) in [6.45, 7) is 4.67. The molecule has 3 N–H and O–H groups in total. The molecule has 2 fully saturated rings. The van der Waals surface area contributed by atoms with Gasteiger partial charge in [0.25, 0.3) is 0 Å². The first kappa shape index (κ1) is 37.3. The zero-order valence-corrected chi connectivity index (χ0v) is 27.7. The van der Waals surface area contributed by atoms with Gasteiger partial charge in [-0.3, -0.25) is 9.59 Å².